The molecule has 2 aromatic heterocycles. The zero-order chi connectivity index (χ0) is 30.8. The summed E-state index contributed by atoms with van der Waals surface area (Å²) in [5.41, 5.74) is 9.11. The summed E-state index contributed by atoms with van der Waals surface area (Å²) < 4.78 is 5.52. The summed E-state index contributed by atoms with van der Waals surface area (Å²) >= 11 is 0. The molecule has 1 aliphatic rings. The van der Waals surface area contributed by atoms with Crippen LogP contribution in [0.3, 0.4) is 0 Å². The minimum Gasteiger partial charge on any atom is -0.379 e. The predicted molar refractivity (Wildman–Crippen MR) is 177 cm³/mol. The van der Waals surface area contributed by atoms with Crippen LogP contribution in [0.1, 0.15) is 68.7 Å². The van der Waals surface area contributed by atoms with Crippen LogP contribution in [0.5, 0.6) is 0 Å². The number of nitrogens with zero attached hydrogens (tertiary/aromatic N) is 4. The van der Waals surface area contributed by atoms with Crippen molar-refractivity contribution < 1.29 is 9.53 Å². The molecule has 3 heterocycles. The molecule has 0 spiro atoms. The normalized spacial score (nSPS) is 15.3. The summed E-state index contributed by atoms with van der Waals surface area (Å²) in [7, 11) is 4.06. The molecular formula is C36H49N5O2. The van der Waals surface area contributed by atoms with Crippen LogP contribution in [0.15, 0.2) is 60.7 Å². The van der Waals surface area contributed by atoms with Gasteiger partial charge in [0.15, 0.2) is 0 Å². The maximum atomic E-state index is 14.2. The van der Waals surface area contributed by atoms with Gasteiger partial charge in [0.25, 0.3) is 5.91 Å². The molecule has 0 radical (unpaired) electrons. The number of morpholine rings is 1. The molecule has 1 aromatic carbocycles. The zero-order valence-electron chi connectivity index (χ0n) is 26.9. The molecule has 4 rings (SSSR count). The predicted octanol–water partition coefficient (Wildman–Crippen LogP) is 6.97. The van der Waals surface area contributed by atoms with Crippen LogP contribution >= 0.6 is 0 Å². The highest BCUT2D eigenvalue weighted by Gasteiger charge is 2.21. The molecule has 1 unspecified atom stereocenters. The van der Waals surface area contributed by atoms with E-state index >= 15 is 0 Å². The van der Waals surface area contributed by atoms with Crippen LogP contribution in [-0.2, 0) is 22.6 Å². The fourth-order valence-electron chi connectivity index (χ4n) is 5.60. The summed E-state index contributed by atoms with van der Waals surface area (Å²) in [4.78, 5) is 27.7. The average Bonchev–Trinajstić information content (AvgIpc) is 3.00. The smallest absolute Gasteiger partial charge is 0.256 e. The van der Waals surface area contributed by atoms with Crippen LogP contribution in [0, 0.1) is 12.8 Å². The van der Waals surface area contributed by atoms with E-state index in [9.17, 15) is 4.79 Å². The van der Waals surface area contributed by atoms with Crippen LogP contribution in [0.4, 0.5) is 5.69 Å². The number of pyridine rings is 2. The summed E-state index contributed by atoms with van der Waals surface area (Å²) in [6.45, 7) is 13.8. The van der Waals surface area contributed by atoms with Gasteiger partial charge in [-0.25, -0.2) is 0 Å². The Morgan fingerprint density at radius 3 is 2.47 bits per heavy atom. The van der Waals surface area contributed by atoms with E-state index < -0.39 is 0 Å². The largest absolute Gasteiger partial charge is 0.379 e. The highest BCUT2D eigenvalue weighted by atomic mass is 16.5. The number of allylic oxidation sites excluding steroid dienone is 1. The highest BCUT2D eigenvalue weighted by Crippen LogP contribution is 2.33. The van der Waals surface area contributed by atoms with Gasteiger partial charge in [-0.05, 0) is 92.2 Å². The molecule has 1 fully saturated rings. The van der Waals surface area contributed by atoms with Crippen LogP contribution in [0.2, 0.25) is 0 Å². The number of rotatable bonds is 13. The van der Waals surface area contributed by atoms with E-state index in [2.05, 4.69) is 77.0 Å². The van der Waals surface area contributed by atoms with Crippen molar-refractivity contribution in [2.45, 2.75) is 66.5 Å². The number of hydrogen-bond acceptors (Lipinski definition) is 6. The minimum atomic E-state index is -0.0794. The average molecular weight is 584 g/mol. The van der Waals surface area contributed by atoms with Crippen molar-refractivity contribution in [2.75, 3.05) is 45.7 Å². The van der Waals surface area contributed by atoms with Gasteiger partial charge >= 0.3 is 0 Å². The fourth-order valence-corrected chi connectivity index (χ4v) is 5.60. The molecule has 230 valence electrons. The quantitative estimate of drug-likeness (QED) is 0.219. The van der Waals surface area contributed by atoms with Crippen molar-refractivity contribution in [2.24, 2.45) is 5.92 Å². The monoisotopic (exact) mass is 583 g/mol. The topological polar surface area (TPSA) is 70.6 Å². The Balaban J connectivity index is 1.71. The summed E-state index contributed by atoms with van der Waals surface area (Å²) in [5, 5.41) is 3.21. The molecule has 1 amide bonds. The molecule has 0 aliphatic carbocycles. The Bertz CT molecular complexity index is 1390. The van der Waals surface area contributed by atoms with Crippen LogP contribution < -0.4 is 5.32 Å². The first-order chi connectivity index (χ1) is 20.8. The van der Waals surface area contributed by atoms with E-state index in [4.69, 9.17) is 4.74 Å². The first-order valence-electron chi connectivity index (χ1n) is 15.7. The molecule has 1 saturated heterocycles. The van der Waals surface area contributed by atoms with E-state index in [1.165, 1.54) is 11.1 Å². The van der Waals surface area contributed by atoms with E-state index in [1.807, 2.05) is 38.8 Å². The van der Waals surface area contributed by atoms with Gasteiger partial charge in [0.05, 0.1) is 25.1 Å². The number of amides is 1. The lowest BCUT2D eigenvalue weighted by Gasteiger charge is -2.26. The SMILES string of the molecule is CCC(CCC(C)CC)=C(C(=O)Nc1cncc(CN(C)C)c1)c1cc(-c2cncc(CN3CCOCC3)c2)ccc1C. The van der Waals surface area contributed by atoms with Gasteiger partial charge in [0.2, 0.25) is 0 Å². The summed E-state index contributed by atoms with van der Waals surface area (Å²) in [5.74, 6) is 0.523. The number of ether oxygens (including phenoxy) is 1. The number of carbonyl (C=O) groups is 1. The second-order valence-electron chi connectivity index (χ2n) is 12.2. The standard InChI is InChI=1S/C36H49N5O2/c1-7-26(3)9-11-30(8-2)35(36(42)39-33-18-29(21-38-23-33)24-40(5)6)34-19-31(12-10-27(34)4)32-17-28(20-37-22-32)25-41-13-15-43-16-14-41/h10,12,17-23,26H,7-9,11,13-16,24-25H2,1-6H3,(H,39,42). The number of anilines is 1. The number of aromatic nitrogens is 2. The Labute approximate surface area is 258 Å². The molecule has 7 nitrogen and oxygen atoms in total. The number of hydrogen-bond donors (Lipinski definition) is 1. The number of carbonyl (C=O) groups excluding carboxylic acids is 1. The van der Waals surface area contributed by atoms with E-state index in [-0.39, 0.29) is 5.91 Å². The Morgan fingerprint density at radius 2 is 1.74 bits per heavy atom. The molecule has 0 bridgehead atoms. The second kappa shape index (κ2) is 15.9. The zero-order valence-corrected chi connectivity index (χ0v) is 26.9. The third-order valence-electron chi connectivity index (χ3n) is 8.34. The van der Waals surface area contributed by atoms with Crippen molar-refractivity contribution in [3.8, 4) is 11.1 Å². The number of benzene rings is 1. The lowest BCUT2D eigenvalue weighted by molar-refractivity contribution is -0.111. The fraction of sp³-hybridized carbons (Fsp3) is 0.472. The Morgan fingerprint density at radius 1 is 1.00 bits per heavy atom. The molecule has 43 heavy (non-hydrogen) atoms. The number of nitrogens with one attached hydrogen (secondary N) is 1. The Hall–Kier alpha value is -3.39. The first-order valence-corrected chi connectivity index (χ1v) is 15.7. The maximum Gasteiger partial charge on any atom is 0.256 e. The van der Waals surface area contributed by atoms with E-state index in [0.29, 0.717) is 11.6 Å². The van der Waals surface area contributed by atoms with Crippen molar-refractivity contribution in [1.29, 1.82) is 0 Å². The molecular weight excluding hydrogens is 534 g/mol. The molecule has 1 aliphatic heterocycles. The third-order valence-corrected chi connectivity index (χ3v) is 8.34. The first kappa shape index (κ1) is 32.5. The minimum absolute atomic E-state index is 0.0794. The van der Waals surface area contributed by atoms with Crippen molar-refractivity contribution in [3.05, 3.63) is 82.9 Å². The summed E-state index contributed by atoms with van der Waals surface area (Å²) in [6.07, 6.45) is 11.4. The molecule has 3 aromatic rings. The van der Waals surface area contributed by atoms with Gasteiger partial charge in [0, 0.05) is 55.9 Å². The number of aryl methyl sites for hydroxylation is 1. The van der Waals surface area contributed by atoms with Crippen molar-refractivity contribution in [1.82, 2.24) is 19.8 Å². The van der Waals surface area contributed by atoms with Gasteiger partial charge < -0.3 is 15.0 Å². The molecule has 1 atom stereocenters. The summed E-state index contributed by atoms with van der Waals surface area (Å²) in [6, 6.07) is 10.7. The van der Waals surface area contributed by atoms with Crippen molar-refractivity contribution >= 4 is 17.2 Å². The highest BCUT2D eigenvalue weighted by molar-refractivity contribution is 6.26. The molecule has 0 saturated carbocycles. The molecule has 7 heteroatoms. The van der Waals surface area contributed by atoms with E-state index in [0.717, 1.165) is 98.5 Å². The lowest BCUT2D eigenvalue weighted by atomic mass is 9.88. The van der Waals surface area contributed by atoms with Gasteiger partial charge in [-0.1, -0.05) is 44.9 Å². The van der Waals surface area contributed by atoms with E-state index in [1.54, 1.807) is 6.20 Å². The second-order valence-corrected chi connectivity index (χ2v) is 12.2. The van der Waals surface area contributed by atoms with Gasteiger partial charge in [-0.2, -0.15) is 0 Å². The Kier molecular flexibility index (Phi) is 12.0. The van der Waals surface area contributed by atoms with Crippen molar-refractivity contribution in [3.63, 3.8) is 0 Å². The van der Waals surface area contributed by atoms with Crippen LogP contribution in [0.25, 0.3) is 16.7 Å². The van der Waals surface area contributed by atoms with Crippen LogP contribution in [-0.4, -0.2) is 66.1 Å². The molecule has 1 N–H and O–H groups in total. The van der Waals surface area contributed by atoms with Gasteiger partial charge in [0.1, 0.15) is 0 Å². The maximum absolute atomic E-state index is 14.2. The van der Waals surface area contributed by atoms with Gasteiger partial charge in [-0.15, -0.1) is 0 Å². The third kappa shape index (κ3) is 9.30. The van der Waals surface area contributed by atoms with Gasteiger partial charge in [-0.3, -0.25) is 19.7 Å². The lowest BCUT2D eigenvalue weighted by Crippen LogP contribution is -2.35.